The van der Waals surface area contributed by atoms with Crippen LogP contribution in [0.5, 0.6) is 5.75 Å². The minimum absolute atomic E-state index is 0.174. The zero-order valence-electron chi connectivity index (χ0n) is 9.15. The molecule has 0 radical (unpaired) electrons. The molecule has 16 heavy (non-hydrogen) atoms. The summed E-state index contributed by atoms with van der Waals surface area (Å²) in [6.07, 6.45) is 0.262. The van der Waals surface area contributed by atoms with Crippen molar-refractivity contribution in [1.29, 1.82) is 0 Å². The van der Waals surface area contributed by atoms with Crippen molar-refractivity contribution >= 4 is 11.8 Å². The summed E-state index contributed by atoms with van der Waals surface area (Å²) in [4.78, 5) is 0. The Balaban J connectivity index is 2.19. The van der Waals surface area contributed by atoms with Crippen LogP contribution < -0.4 is 4.74 Å². The van der Waals surface area contributed by atoms with Crippen LogP contribution in [-0.2, 0) is 0 Å². The van der Waals surface area contributed by atoms with Crippen LogP contribution in [0.2, 0.25) is 0 Å². The fourth-order valence-electron chi connectivity index (χ4n) is 1.93. The summed E-state index contributed by atoms with van der Waals surface area (Å²) in [6, 6.07) is 4.62. The number of hydrogen-bond acceptors (Lipinski definition) is 3. The normalized spacial score (nSPS) is 22.1. The molecule has 2 nitrogen and oxygen atoms in total. The summed E-state index contributed by atoms with van der Waals surface area (Å²) in [6.45, 7) is 0. The number of thioether (sulfide) groups is 1. The topological polar surface area (TPSA) is 29.5 Å². The maximum absolute atomic E-state index is 13.7. The molecule has 1 heterocycles. The van der Waals surface area contributed by atoms with Crippen molar-refractivity contribution in [3.8, 4) is 5.75 Å². The van der Waals surface area contributed by atoms with Gasteiger partial charge in [0.1, 0.15) is 11.6 Å². The minimum Gasteiger partial charge on any atom is -0.497 e. The van der Waals surface area contributed by atoms with Gasteiger partial charge < -0.3 is 9.84 Å². The molecule has 0 aromatic heterocycles. The van der Waals surface area contributed by atoms with E-state index in [9.17, 15) is 9.50 Å². The Morgan fingerprint density at radius 3 is 2.94 bits per heavy atom. The van der Waals surface area contributed by atoms with E-state index in [-0.39, 0.29) is 11.7 Å². The molecule has 0 saturated carbocycles. The molecule has 1 aliphatic rings. The van der Waals surface area contributed by atoms with E-state index in [1.807, 2.05) is 11.8 Å². The van der Waals surface area contributed by atoms with Gasteiger partial charge in [-0.2, -0.15) is 11.8 Å². The highest BCUT2D eigenvalue weighted by Gasteiger charge is 2.26. The average molecular weight is 242 g/mol. The third-order valence-electron chi connectivity index (χ3n) is 2.94. The van der Waals surface area contributed by atoms with Gasteiger partial charge in [-0.25, -0.2) is 4.39 Å². The van der Waals surface area contributed by atoms with Gasteiger partial charge in [-0.3, -0.25) is 0 Å². The Hall–Kier alpha value is -0.740. The zero-order valence-corrected chi connectivity index (χ0v) is 9.97. The lowest BCUT2D eigenvalue weighted by Gasteiger charge is -2.18. The summed E-state index contributed by atoms with van der Waals surface area (Å²) in [5, 5.41) is 10.1. The van der Waals surface area contributed by atoms with Crippen LogP contribution in [0.4, 0.5) is 4.39 Å². The molecule has 1 aromatic rings. The predicted octanol–water partition coefficient (Wildman–Crippen LogP) is 2.62. The first kappa shape index (κ1) is 11.7. The van der Waals surface area contributed by atoms with E-state index in [1.54, 1.807) is 12.1 Å². The molecule has 1 N–H and O–H groups in total. The molecule has 1 saturated heterocycles. The number of halogens is 1. The molecule has 1 fully saturated rings. The van der Waals surface area contributed by atoms with E-state index in [2.05, 4.69) is 0 Å². The van der Waals surface area contributed by atoms with Crippen molar-refractivity contribution < 1.29 is 14.2 Å². The first-order valence-corrected chi connectivity index (χ1v) is 6.47. The Labute approximate surface area is 98.8 Å². The van der Waals surface area contributed by atoms with E-state index >= 15 is 0 Å². The first-order valence-electron chi connectivity index (χ1n) is 5.31. The molecule has 88 valence electrons. The van der Waals surface area contributed by atoms with Gasteiger partial charge in [0.25, 0.3) is 0 Å². The molecular formula is C12H15FO2S. The lowest BCUT2D eigenvalue weighted by molar-refractivity contribution is 0.117. The highest BCUT2D eigenvalue weighted by atomic mass is 32.2. The van der Waals surface area contributed by atoms with Gasteiger partial charge in [0, 0.05) is 11.6 Å². The third kappa shape index (κ3) is 2.33. The molecule has 0 bridgehead atoms. The Bertz CT molecular complexity index is 364. The molecule has 1 aromatic carbocycles. The average Bonchev–Trinajstić information content (AvgIpc) is 2.81. The predicted molar refractivity (Wildman–Crippen MR) is 63.3 cm³/mol. The number of aliphatic hydroxyl groups excluding tert-OH is 1. The number of hydrogen-bond donors (Lipinski definition) is 1. The lowest BCUT2D eigenvalue weighted by atomic mass is 9.95. The van der Waals surface area contributed by atoms with Crippen LogP contribution in [0.1, 0.15) is 18.1 Å². The fraction of sp³-hybridized carbons (Fsp3) is 0.500. The largest absolute Gasteiger partial charge is 0.497 e. The third-order valence-corrected chi connectivity index (χ3v) is 4.13. The first-order chi connectivity index (χ1) is 7.72. The van der Waals surface area contributed by atoms with Gasteiger partial charge in [-0.15, -0.1) is 0 Å². The van der Waals surface area contributed by atoms with E-state index in [0.29, 0.717) is 11.3 Å². The lowest BCUT2D eigenvalue weighted by Crippen LogP contribution is -2.13. The van der Waals surface area contributed by atoms with Crippen LogP contribution in [0.15, 0.2) is 18.2 Å². The van der Waals surface area contributed by atoms with Crippen molar-refractivity contribution in [2.75, 3.05) is 18.6 Å². The molecular weight excluding hydrogens is 227 g/mol. The molecule has 0 amide bonds. The maximum Gasteiger partial charge on any atom is 0.132 e. The van der Waals surface area contributed by atoms with E-state index in [4.69, 9.17) is 4.74 Å². The second-order valence-corrected chi connectivity index (χ2v) is 5.11. The molecule has 0 spiro atoms. The van der Waals surface area contributed by atoms with Crippen molar-refractivity contribution in [2.24, 2.45) is 5.92 Å². The molecule has 0 aliphatic carbocycles. The number of aliphatic hydroxyl groups is 1. The summed E-state index contributed by atoms with van der Waals surface area (Å²) in [7, 11) is 1.50. The summed E-state index contributed by atoms with van der Waals surface area (Å²) in [5.74, 6) is 2.23. The Morgan fingerprint density at radius 1 is 1.56 bits per heavy atom. The van der Waals surface area contributed by atoms with Crippen LogP contribution in [0.3, 0.4) is 0 Å². The summed E-state index contributed by atoms with van der Waals surface area (Å²) in [5.41, 5.74) is 0.383. The van der Waals surface area contributed by atoms with Gasteiger partial charge in [0.15, 0.2) is 0 Å². The monoisotopic (exact) mass is 242 g/mol. The summed E-state index contributed by atoms with van der Waals surface area (Å²) < 4.78 is 18.6. The molecule has 4 heteroatoms. The molecule has 2 rings (SSSR count). The quantitative estimate of drug-likeness (QED) is 0.883. The van der Waals surface area contributed by atoms with Crippen molar-refractivity contribution in [3.05, 3.63) is 29.6 Å². The van der Waals surface area contributed by atoms with Gasteiger partial charge in [-0.05, 0) is 36.0 Å². The number of methoxy groups -OCH3 is 1. The Morgan fingerprint density at radius 2 is 2.38 bits per heavy atom. The van der Waals surface area contributed by atoms with Crippen LogP contribution >= 0.6 is 11.8 Å². The number of rotatable bonds is 3. The minimum atomic E-state index is -0.694. The molecule has 2 unspecified atom stereocenters. The smallest absolute Gasteiger partial charge is 0.132 e. The zero-order chi connectivity index (χ0) is 11.5. The standard InChI is InChI=1S/C12H15FO2S/c1-15-9-2-3-10(11(13)6-9)12(14)8-4-5-16-7-8/h2-3,6,8,12,14H,4-5,7H2,1H3. The van der Waals surface area contributed by atoms with E-state index in [1.165, 1.54) is 13.2 Å². The SMILES string of the molecule is COc1ccc(C(O)C2CCSC2)c(F)c1. The molecule has 1 aliphatic heterocycles. The van der Waals surface area contributed by atoms with Crippen molar-refractivity contribution in [1.82, 2.24) is 0 Å². The highest BCUT2D eigenvalue weighted by Crippen LogP contribution is 2.35. The number of ether oxygens (including phenoxy) is 1. The fourth-order valence-corrected chi connectivity index (χ4v) is 3.22. The summed E-state index contributed by atoms with van der Waals surface area (Å²) >= 11 is 1.81. The maximum atomic E-state index is 13.7. The van der Waals surface area contributed by atoms with Gasteiger partial charge in [0.05, 0.1) is 13.2 Å². The van der Waals surface area contributed by atoms with Crippen LogP contribution in [-0.4, -0.2) is 23.7 Å². The van der Waals surface area contributed by atoms with Crippen molar-refractivity contribution in [2.45, 2.75) is 12.5 Å². The highest BCUT2D eigenvalue weighted by molar-refractivity contribution is 7.99. The van der Waals surface area contributed by atoms with Gasteiger partial charge in [-0.1, -0.05) is 0 Å². The van der Waals surface area contributed by atoms with Gasteiger partial charge in [0.2, 0.25) is 0 Å². The van der Waals surface area contributed by atoms with Crippen molar-refractivity contribution in [3.63, 3.8) is 0 Å². The van der Waals surface area contributed by atoms with Crippen LogP contribution in [0, 0.1) is 11.7 Å². The van der Waals surface area contributed by atoms with Gasteiger partial charge >= 0.3 is 0 Å². The Kier molecular flexibility index (Phi) is 3.71. The van der Waals surface area contributed by atoms with E-state index < -0.39 is 6.10 Å². The van der Waals surface area contributed by atoms with E-state index in [0.717, 1.165) is 17.9 Å². The second kappa shape index (κ2) is 5.06. The molecule has 2 atom stereocenters. The second-order valence-electron chi connectivity index (χ2n) is 3.96. The van der Waals surface area contributed by atoms with Crippen LogP contribution in [0.25, 0.3) is 0 Å². The number of benzene rings is 1.